The topological polar surface area (TPSA) is 91.4 Å². The molecule has 1 aromatic heterocycles. The zero-order valence-electron chi connectivity index (χ0n) is 14.9. The highest BCUT2D eigenvalue weighted by Gasteiger charge is 2.36. The van der Waals surface area contributed by atoms with Gasteiger partial charge in [-0.1, -0.05) is 0 Å². The van der Waals surface area contributed by atoms with E-state index < -0.39 is 0 Å². The number of imide groups is 1. The van der Waals surface area contributed by atoms with E-state index in [-0.39, 0.29) is 54.6 Å². The maximum Gasteiger partial charge on any atom is 0.261 e. The summed E-state index contributed by atoms with van der Waals surface area (Å²) < 4.78 is 0. The number of amides is 3. The van der Waals surface area contributed by atoms with Crippen LogP contribution in [-0.2, 0) is 6.54 Å². The van der Waals surface area contributed by atoms with Gasteiger partial charge in [0.05, 0.1) is 17.7 Å². The highest BCUT2D eigenvalue weighted by Crippen LogP contribution is 2.25. The summed E-state index contributed by atoms with van der Waals surface area (Å²) in [5.41, 5.74) is 1.83. The van der Waals surface area contributed by atoms with Crippen molar-refractivity contribution in [1.29, 1.82) is 0 Å². The molecular weight excluding hydrogens is 403 g/mol. The highest BCUT2D eigenvalue weighted by molar-refractivity contribution is 6.22. The molecule has 0 radical (unpaired) electrons. The molecule has 3 amide bonds. The van der Waals surface area contributed by atoms with Crippen LogP contribution in [0.1, 0.15) is 36.6 Å². The zero-order chi connectivity index (χ0) is 18.1. The van der Waals surface area contributed by atoms with E-state index in [1.165, 1.54) is 11.0 Å². The van der Waals surface area contributed by atoms with Crippen molar-refractivity contribution in [2.75, 3.05) is 19.6 Å². The van der Waals surface area contributed by atoms with Gasteiger partial charge >= 0.3 is 0 Å². The third-order valence-corrected chi connectivity index (χ3v) is 4.74. The molecule has 7 nitrogen and oxygen atoms in total. The Morgan fingerprint density at radius 3 is 2.39 bits per heavy atom. The summed E-state index contributed by atoms with van der Waals surface area (Å²) in [5, 5.41) is 6.02. The molecule has 0 saturated carbocycles. The lowest BCUT2D eigenvalue weighted by Gasteiger charge is -2.27. The Balaban J connectivity index is 0.00000140. The van der Waals surface area contributed by atoms with Gasteiger partial charge in [-0.15, -0.1) is 24.8 Å². The van der Waals surface area contributed by atoms with E-state index in [0.29, 0.717) is 23.6 Å². The normalized spacial score (nSPS) is 15.2. The van der Waals surface area contributed by atoms with Gasteiger partial charge in [-0.3, -0.25) is 24.3 Å². The predicted molar refractivity (Wildman–Crippen MR) is 108 cm³/mol. The summed E-state index contributed by atoms with van der Waals surface area (Å²) in [4.78, 5) is 42.6. The molecule has 4 rings (SSSR count). The maximum absolute atomic E-state index is 12.7. The molecule has 9 heteroatoms. The van der Waals surface area contributed by atoms with E-state index in [1.54, 1.807) is 36.7 Å². The van der Waals surface area contributed by atoms with E-state index in [0.717, 1.165) is 18.7 Å². The predicted octanol–water partition coefficient (Wildman–Crippen LogP) is 1.67. The van der Waals surface area contributed by atoms with Crippen LogP contribution in [0.25, 0.3) is 0 Å². The molecule has 0 atom stereocenters. The first kappa shape index (κ1) is 21.8. The number of hydrogen-bond donors (Lipinski definition) is 2. The van der Waals surface area contributed by atoms with Crippen molar-refractivity contribution in [3.05, 3.63) is 65.0 Å². The lowest BCUT2D eigenvalue weighted by molar-refractivity contribution is 0.0642. The van der Waals surface area contributed by atoms with Crippen molar-refractivity contribution in [3.63, 3.8) is 0 Å². The van der Waals surface area contributed by atoms with Crippen LogP contribution in [0.15, 0.2) is 42.7 Å². The van der Waals surface area contributed by atoms with Crippen LogP contribution in [0.2, 0.25) is 0 Å². The number of nitrogens with zero attached hydrogens (tertiary/aromatic N) is 2. The number of carbonyl (C=O) groups excluding carboxylic acids is 3. The second-order valence-electron chi connectivity index (χ2n) is 6.55. The maximum atomic E-state index is 12.7. The lowest BCUT2D eigenvalue weighted by Crippen LogP contribution is -2.48. The summed E-state index contributed by atoms with van der Waals surface area (Å²) in [7, 11) is 0. The average Bonchev–Trinajstić information content (AvgIpc) is 2.86. The zero-order valence-corrected chi connectivity index (χ0v) is 16.5. The summed E-state index contributed by atoms with van der Waals surface area (Å²) in [5.74, 6) is -0.492. The highest BCUT2D eigenvalue weighted by atomic mass is 35.5. The van der Waals surface area contributed by atoms with E-state index in [9.17, 15) is 14.4 Å². The van der Waals surface area contributed by atoms with Crippen LogP contribution >= 0.6 is 24.8 Å². The number of pyridine rings is 1. The second-order valence-corrected chi connectivity index (χ2v) is 6.55. The van der Waals surface area contributed by atoms with Gasteiger partial charge in [-0.25, -0.2) is 0 Å². The minimum absolute atomic E-state index is 0. The third-order valence-electron chi connectivity index (χ3n) is 4.74. The van der Waals surface area contributed by atoms with Gasteiger partial charge in [0.15, 0.2) is 0 Å². The minimum Gasteiger partial charge on any atom is -0.352 e. The smallest absolute Gasteiger partial charge is 0.261 e. The SMILES string of the molecule is Cl.Cl.O=C(NCC1CNC1)c1ccc2c(c1)C(=O)N(Cc1ccncc1)C2=O. The molecule has 1 fully saturated rings. The van der Waals surface area contributed by atoms with Crippen molar-refractivity contribution in [3.8, 4) is 0 Å². The molecule has 2 aromatic rings. The van der Waals surface area contributed by atoms with Crippen LogP contribution in [0.5, 0.6) is 0 Å². The van der Waals surface area contributed by atoms with E-state index in [4.69, 9.17) is 0 Å². The Morgan fingerprint density at radius 2 is 1.75 bits per heavy atom. The summed E-state index contributed by atoms with van der Waals surface area (Å²) in [6.07, 6.45) is 3.24. The fourth-order valence-electron chi connectivity index (χ4n) is 3.08. The van der Waals surface area contributed by atoms with E-state index in [1.807, 2.05) is 0 Å². The fourth-order valence-corrected chi connectivity index (χ4v) is 3.08. The number of rotatable bonds is 5. The molecule has 148 valence electrons. The largest absolute Gasteiger partial charge is 0.352 e. The van der Waals surface area contributed by atoms with Crippen molar-refractivity contribution < 1.29 is 14.4 Å². The van der Waals surface area contributed by atoms with Crippen LogP contribution in [0, 0.1) is 5.92 Å². The Morgan fingerprint density at radius 1 is 1.07 bits per heavy atom. The number of nitrogens with one attached hydrogen (secondary N) is 2. The molecule has 2 aliphatic rings. The number of hydrogen-bond acceptors (Lipinski definition) is 5. The molecule has 3 heterocycles. The summed E-state index contributed by atoms with van der Waals surface area (Å²) in [6.45, 7) is 2.60. The number of aromatic nitrogens is 1. The fraction of sp³-hybridized carbons (Fsp3) is 0.263. The number of carbonyl (C=O) groups is 3. The Kier molecular flexibility index (Phi) is 7.12. The van der Waals surface area contributed by atoms with Crippen LogP contribution in [0.4, 0.5) is 0 Å². The molecule has 2 aliphatic heterocycles. The molecule has 0 spiro atoms. The van der Waals surface area contributed by atoms with Gasteiger partial charge in [-0.05, 0) is 35.9 Å². The Labute approximate surface area is 174 Å². The molecule has 0 bridgehead atoms. The quantitative estimate of drug-likeness (QED) is 0.715. The molecule has 2 N–H and O–H groups in total. The van der Waals surface area contributed by atoms with Gasteiger partial charge in [0.2, 0.25) is 0 Å². The van der Waals surface area contributed by atoms with Crippen molar-refractivity contribution in [1.82, 2.24) is 20.5 Å². The molecule has 1 saturated heterocycles. The first-order chi connectivity index (χ1) is 12.6. The van der Waals surface area contributed by atoms with Gasteiger partial charge in [-0.2, -0.15) is 0 Å². The first-order valence-corrected chi connectivity index (χ1v) is 8.51. The van der Waals surface area contributed by atoms with Gasteiger partial charge in [0, 0.05) is 43.5 Å². The minimum atomic E-state index is -0.375. The number of benzene rings is 1. The van der Waals surface area contributed by atoms with Crippen molar-refractivity contribution in [2.45, 2.75) is 6.54 Å². The number of fused-ring (bicyclic) bond motifs is 1. The first-order valence-electron chi connectivity index (χ1n) is 8.51. The number of halogens is 2. The van der Waals surface area contributed by atoms with Crippen molar-refractivity contribution >= 4 is 42.5 Å². The van der Waals surface area contributed by atoms with Gasteiger partial charge < -0.3 is 10.6 Å². The summed E-state index contributed by atoms with van der Waals surface area (Å²) in [6, 6.07) is 8.18. The molecular formula is C19H20Cl2N4O3. The summed E-state index contributed by atoms with van der Waals surface area (Å²) >= 11 is 0. The van der Waals surface area contributed by atoms with Gasteiger partial charge in [0.25, 0.3) is 17.7 Å². The third kappa shape index (κ3) is 4.16. The average molecular weight is 423 g/mol. The van der Waals surface area contributed by atoms with Crippen molar-refractivity contribution in [2.24, 2.45) is 5.92 Å². The van der Waals surface area contributed by atoms with Crippen LogP contribution in [-0.4, -0.2) is 47.2 Å². The molecule has 1 aromatic carbocycles. The standard InChI is InChI=1S/C19H18N4O3.2ClH/c24-17(22-10-13-8-21-9-13)14-1-2-15-16(7-14)19(26)23(18(15)25)11-12-3-5-20-6-4-12;;/h1-7,13,21H,8-11H2,(H,22,24);2*1H. The molecule has 28 heavy (non-hydrogen) atoms. The van der Waals surface area contributed by atoms with Crippen LogP contribution in [0.3, 0.4) is 0 Å². The second kappa shape index (κ2) is 9.14. The Hall–Kier alpha value is -2.48. The van der Waals surface area contributed by atoms with E-state index in [2.05, 4.69) is 15.6 Å². The molecule has 0 unspecified atom stereocenters. The molecule has 0 aliphatic carbocycles. The van der Waals surface area contributed by atoms with Crippen LogP contribution < -0.4 is 10.6 Å². The Bertz CT molecular complexity index is 888. The van der Waals surface area contributed by atoms with E-state index >= 15 is 0 Å². The lowest BCUT2D eigenvalue weighted by atomic mass is 10.0. The van der Waals surface area contributed by atoms with Gasteiger partial charge in [0.1, 0.15) is 0 Å². The monoisotopic (exact) mass is 422 g/mol.